The monoisotopic (exact) mass is 1050 g/mol. The van der Waals surface area contributed by atoms with Crippen molar-refractivity contribution in [3.8, 4) is 0 Å². The molecule has 2 rings (SSSR count). The number of aryl methyl sites for hydroxylation is 2. The first-order valence-electron chi connectivity index (χ1n) is 34.3. The molecule has 2 nitrogen and oxygen atoms in total. The highest BCUT2D eigenvalue weighted by Crippen LogP contribution is 2.27. The maximum Gasteiger partial charge on any atom is 0.0665 e. The minimum absolute atomic E-state index is 0.987. The second-order valence-electron chi connectivity index (χ2n) is 23.6. The van der Waals surface area contributed by atoms with Gasteiger partial charge in [-0.3, -0.25) is 9.98 Å². The number of hydrogen-bond donors (Lipinski definition) is 0. The van der Waals surface area contributed by atoms with E-state index in [4.69, 9.17) is 9.98 Å². The van der Waals surface area contributed by atoms with Gasteiger partial charge in [0.1, 0.15) is 0 Å². The number of unbranched alkanes of at least 4 members (excludes halogenated alkanes) is 42. The van der Waals surface area contributed by atoms with Crippen LogP contribution in [0.3, 0.4) is 0 Å². The van der Waals surface area contributed by atoms with Gasteiger partial charge in [0.25, 0.3) is 0 Å². The highest BCUT2D eigenvalue weighted by molar-refractivity contribution is 6.43. The molecule has 2 aromatic rings. The van der Waals surface area contributed by atoms with E-state index >= 15 is 0 Å². The van der Waals surface area contributed by atoms with Crippen LogP contribution in [0.15, 0.2) is 82.8 Å². The Balaban J connectivity index is 1.75. The Kier molecular flexibility index (Phi) is 50.7. The maximum atomic E-state index is 5.56. The van der Waals surface area contributed by atoms with Crippen molar-refractivity contribution in [3.63, 3.8) is 0 Å². The van der Waals surface area contributed by atoms with Crippen molar-refractivity contribution in [2.24, 2.45) is 9.98 Å². The third kappa shape index (κ3) is 42.2. The summed E-state index contributed by atoms with van der Waals surface area (Å²) in [5.74, 6) is 0. The van der Waals surface area contributed by atoms with Gasteiger partial charge in [-0.2, -0.15) is 0 Å². The third-order valence-electron chi connectivity index (χ3n) is 16.3. The first kappa shape index (κ1) is 69.4. The van der Waals surface area contributed by atoms with E-state index in [1.165, 1.54) is 305 Å². The summed E-state index contributed by atoms with van der Waals surface area (Å²) in [6, 6.07) is 17.9. The van der Waals surface area contributed by atoms with Gasteiger partial charge in [0.2, 0.25) is 0 Å². The lowest BCUT2D eigenvalue weighted by Crippen LogP contribution is -2.15. The summed E-state index contributed by atoms with van der Waals surface area (Å²) in [5, 5.41) is 0. The van der Waals surface area contributed by atoms with E-state index in [1.807, 2.05) is 0 Å². The molecule has 0 bridgehead atoms. The lowest BCUT2D eigenvalue weighted by Gasteiger charge is -2.14. The molecule has 0 saturated heterocycles. The van der Waals surface area contributed by atoms with Crippen LogP contribution in [0.25, 0.3) is 0 Å². The number of benzene rings is 2. The summed E-state index contributed by atoms with van der Waals surface area (Å²) < 4.78 is 0. The number of rotatable bonds is 57. The number of para-hydroxylation sites is 2. The van der Waals surface area contributed by atoms with E-state index in [2.05, 4.69) is 101 Å². The van der Waals surface area contributed by atoms with E-state index in [-0.39, 0.29) is 0 Å². The van der Waals surface area contributed by atoms with Gasteiger partial charge in [0.15, 0.2) is 0 Å². The highest BCUT2D eigenvalue weighted by Gasteiger charge is 2.13. The summed E-state index contributed by atoms with van der Waals surface area (Å²) in [4.78, 5) is 11.1. The molecule has 0 spiro atoms. The SMILES string of the molecule is CCCCCCCCCCCCCCCCCCCCCC=CCCc1ccccc1N=C(CCCC)C(CCCCCC)=Nc1ccccc1CCC=CCCCCCCCCCCCCCCCCCCCCC. The van der Waals surface area contributed by atoms with Crippen molar-refractivity contribution in [1.29, 1.82) is 0 Å². The van der Waals surface area contributed by atoms with Crippen molar-refractivity contribution < 1.29 is 0 Å². The predicted octanol–water partition coefficient (Wildman–Crippen LogP) is 26.3. The minimum atomic E-state index is 0.987. The summed E-state index contributed by atoms with van der Waals surface area (Å²) in [6.45, 7) is 9.24. The van der Waals surface area contributed by atoms with Gasteiger partial charge in [-0.25, -0.2) is 0 Å². The molecular weight excluding hydrogens is 917 g/mol. The zero-order chi connectivity index (χ0) is 54.1. The van der Waals surface area contributed by atoms with E-state index in [9.17, 15) is 0 Å². The molecule has 0 aliphatic heterocycles. The van der Waals surface area contributed by atoms with Gasteiger partial charge in [0, 0.05) is 0 Å². The largest absolute Gasteiger partial charge is 0.251 e. The molecule has 2 aromatic carbocycles. The Bertz CT molecular complexity index is 1640. The van der Waals surface area contributed by atoms with Crippen LogP contribution in [0.5, 0.6) is 0 Å². The van der Waals surface area contributed by atoms with Gasteiger partial charge in [-0.15, -0.1) is 0 Å². The lowest BCUT2D eigenvalue weighted by atomic mass is 10.0. The highest BCUT2D eigenvalue weighted by atomic mass is 14.8. The minimum Gasteiger partial charge on any atom is -0.251 e. The predicted molar refractivity (Wildman–Crippen MR) is 346 cm³/mol. The molecule has 0 N–H and O–H groups in total. The molecule has 434 valence electrons. The summed E-state index contributed by atoms with van der Waals surface area (Å²) in [6.07, 6.45) is 80.3. The Morgan fingerprint density at radius 1 is 0.263 bits per heavy atom. The van der Waals surface area contributed by atoms with Crippen molar-refractivity contribution in [1.82, 2.24) is 0 Å². The summed E-state index contributed by atoms with van der Waals surface area (Å²) in [5.41, 5.74) is 7.44. The van der Waals surface area contributed by atoms with E-state index in [0.29, 0.717) is 0 Å². The molecule has 2 heteroatoms. The molecule has 0 saturated carbocycles. The molecule has 0 aromatic heterocycles. The van der Waals surface area contributed by atoms with E-state index < -0.39 is 0 Å². The Morgan fingerprint density at radius 2 is 0.500 bits per heavy atom. The van der Waals surface area contributed by atoms with Crippen LogP contribution in [0.1, 0.15) is 360 Å². The van der Waals surface area contributed by atoms with Crippen molar-refractivity contribution in [2.45, 2.75) is 362 Å². The van der Waals surface area contributed by atoms with Crippen molar-refractivity contribution >= 4 is 22.8 Å². The van der Waals surface area contributed by atoms with E-state index in [1.54, 1.807) is 0 Å². The molecule has 0 heterocycles. The van der Waals surface area contributed by atoms with Gasteiger partial charge in [-0.05, 0) is 100 Å². The second-order valence-corrected chi connectivity index (χ2v) is 23.6. The average molecular weight is 1050 g/mol. The number of allylic oxidation sites excluding steroid dienone is 4. The molecule has 0 atom stereocenters. The molecule has 0 amide bonds. The normalized spacial score (nSPS) is 12.4. The van der Waals surface area contributed by atoms with E-state index in [0.717, 1.165) is 62.7 Å². The Labute approximate surface area is 476 Å². The molecule has 0 unspecified atom stereocenters. The second kappa shape index (κ2) is 55.6. The maximum absolute atomic E-state index is 5.56. The summed E-state index contributed by atoms with van der Waals surface area (Å²) in [7, 11) is 0. The topological polar surface area (TPSA) is 24.7 Å². The first-order valence-corrected chi connectivity index (χ1v) is 34.3. The lowest BCUT2D eigenvalue weighted by molar-refractivity contribution is 0.523. The molecule has 0 aliphatic rings. The number of nitrogens with zero attached hydrogens (tertiary/aromatic N) is 2. The van der Waals surface area contributed by atoms with Crippen LogP contribution in [0, 0.1) is 0 Å². The van der Waals surface area contributed by atoms with Crippen LogP contribution < -0.4 is 0 Å². The third-order valence-corrected chi connectivity index (χ3v) is 16.3. The molecular formula is C74H128N2. The smallest absolute Gasteiger partial charge is 0.0665 e. The van der Waals surface area contributed by atoms with Crippen LogP contribution in [0.2, 0.25) is 0 Å². The van der Waals surface area contributed by atoms with Crippen molar-refractivity contribution in [3.05, 3.63) is 84.0 Å². The summed E-state index contributed by atoms with van der Waals surface area (Å²) >= 11 is 0. The first-order chi connectivity index (χ1) is 37.7. The fourth-order valence-corrected chi connectivity index (χ4v) is 11.2. The average Bonchev–Trinajstić information content (AvgIpc) is 3.44. The zero-order valence-corrected chi connectivity index (χ0v) is 51.6. The van der Waals surface area contributed by atoms with Gasteiger partial charge in [0.05, 0.1) is 22.8 Å². The molecule has 0 radical (unpaired) electrons. The molecule has 0 fully saturated rings. The van der Waals surface area contributed by atoms with Gasteiger partial charge in [-0.1, -0.05) is 345 Å². The fraction of sp³-hybridized carbons (Fsp3) is 0.757. The van der Waals surface area contributed by atoms with Crippen LogP contribution in [-0.2, 0) is 12.8 Å². The standard InChI is InChI=1S/C74H128N2/c1-5-9-13-16-18-20-22-24-26-28-30-32-34-36-38-40-42-44-46-48-50-52-54-61-69-63-57-59-66-71(69)75-73(65-12-8-4)74(68-56-15-11-7-3)76-72-67-60-58-64-70(72)62-55-53-51-49-47-45-43-41-39-37-35-33-31-29-27-25-23-21-19-17-14-10-6-2/h50-53,57-60,63-64,66-67H,5-49,54-56,61-62,65,68H2,1-4H3. The van der Waals surface area contributed by atoms with Gasteiger partial charge >= 0.3 is 0 Å². The Morgan fingerprint density at radius 3 is 0.803 bits per heavy atom. The van der Waals surface area contributed by atoms with Crippen molar-refractivity contribution in [2.75, 3.05) is 0 Å². The molecule has 0 aliphatic carbocycles. The Hall–Kier alpha value is -2.74. The quantitative estimate of drug-likeness (QED) is 0.0358. The fourth-order valence-electron chi connectivity index (χ4n) is 11.2. The number of aliphatic imine (C=N–C) groups is 2. The molecule has 76 heavy (non-hydrogen) atoms. The van der Waals surface area contributed by atoms with Crippen LogP contribution >= 0.6 is 0 Å². The zero-order valence-electron chi connectivity index (χ0n) is 51.6. The van der Waals surface area contributed by atoms with Gasteiger partial charge < -0.3 is 0 Å². The van der Waals surface area contributed by atoms with Crippen LogP contribution in [0.4, 0.5) is 11.4 Å². The van der Waals surface area contributed by atoms with Crippen LogP contribution in [-0.4, -0.2) is 11.4 Å². The number of hydrogen-bond acceptors (Lipinski definition) is 2.